The van der Waals surface area contributed by atoms with E-state index in [1.54, 1.807) is 12.0 Å². The lowest BCUT2D eigenvalue weighted by atomic mass is 10.1. The third-order valence-corrected chi connectivity index (χ3v) is 6.65. The molecule has 1 fully saturated rings. The van der Waals surface area contributed by atoms with Crippen molar-refractivity contribution in [3.8, 4) is 5.75 Å². The minimum absolute atomic E-state index is 0.0417. The molecule has 3 heterocycles. The molecule has 6 rings (SSSR count). The van der Waals surface area contributed by atoms with Crippen molar-refractivity contribution in [2.24, 2.45) is 0 Å². The zero-order valence-corrected chi connectivity index (χ0v) is 21.0. The van der Waals surface area contributed by atoms with Crippen LogP contribution in [0.3, 0.4) is 0 Å². The molecule has 7 nitrogen and oxygen atoms in total. The standard InChI is InChI=1S/C23H22N4O3.C7H8/c1-30-17-5-6-19-16(11-17)12-21(25-19)23(29)27-10-9-26(22(28)14-27)13-15-3-2-4-20-18(15)7-8-24-20;1-7-5-3-2-4-6-7/h2-8,11-12,24-25H,9-10,13-14H2,1H3;2-6H,1H3. The van der Waals surface area contributed by atoms with Crippen LogP contribution >= 0.6 is 0 Å². The fourth-order valence-corrected chi connectivity index (χ4v) is 4.60. The molecular formula is C30H30N4O3. The van der Waals surface area contributed by atoms with Crippen LogP contribution in [-0.2, 0) is 11.3 Å². The highest BCUT2D eigenvalue weighted by molar-refractivity contribution is 6.00. The van der Waals surface area contributed by atoms with Gasteiger partial charge >= 0.3 is 0 Å². The van der Waals surface area contributed by atoms with Gasteiger partial charge in [0.25, 0.3) is 5.91 Å². The Hall–Kier alpha value is -4.52. The molecule has 0 unspecified atom stereocenters. The van der Waals surface area contributed by atoms with E-state index in [-0.39, 0.29) is 18.4 Å². The number of nitrogens with one attached hydrogen (secondary N) is 2. The monoisotopic (exact) mass is 494 g/mol. The number of carbonyl (C=O) groups is 2. The molecule has 2 N–H and O–H groups in total. The number of nitrogens with zero attached hydrogens (tertiary/aromatic N) is 2. The Kier molecular flexibility index (Phi) is 6.94. The van der Waals surface area contributed by atoms with Gasteiger partial charge in [0.15, 0.2) is 0 Å². The van der Waals surface area contributed by atoms with Gasteiger partial charge in [-0.05, 0) is 48.9 Å². The molecule has 2 aromatic heterocycles. The molecule has 1 aliphatic heterocycles. The maximum atomic E-state index is 13.0. The molecule has 1 aliphatic rings. The maximum Gasteiger partial charge on any atom is 0.270 e. The number of ether oxygens (including phenoxy) is 1. The van der Waals surface area contributed by atoms with Gasteiger partial charge in [-0.2, -0.15) is 0 Å². The smallest absolute Gasteiger partial charge is 0.270 e. The van der Waals surface area contributed by atoms with Gasteiger partial charge in [-0.15, -0.1) is 0 Å². The number of aryl methyl sites for hydroxylation is 1. The van der Waals surface area contributed by atoms with Crippen molar-refractivity contribution < 1.29 is 14.3 Å². The molecule has 5 aromatic rings. The van der Waals surface area contributed by atoms with E-state index < -0.39 is 0 Å². The zero-order valence-electron chi connectivity index (χ0n) is 21.0. The van der Waals surface area contributed by atoms with Gasteiger partial charge in [0.1, 0.15) is 18.0 Å². The van der Waals surface area contributed by atoms with Crippen LogP contribution in [0.1, 0.15) is 21.6 Å². The SMILES string of the molecule is COc1ccc2[nH]c(C(=O)N3CCN(Cc4cccc5[nH]ccc45)C(=O)C3)cc2c1.Cc1ccccc1. The topological polar surface area (TPSA) is 81.4 Å². The van der Waals surface area contributed by atoms with E-state index in [1.165, 1.54) is 5.56 Å². The summed E-state index contributed by atoms with van der Waals surface area (Å²) in [5.74, 6) is 0.535. The first kappa shape index (κ1) is 24.2. The largest absolute Gasteiger partial charge is 0.497 e. The summed E-state index contributed by atoms with van der Waals surface area (Å²) in [5, 5.41) is 2.03. The highest BCUT2D eigenvalue weighted by Crippen LogP contribution is 2.23. The molecule has 0 saturated carbocycles. The fourth-order valence-electron chi connectivity index (χ4n) is 4.60. The number of piperazine rings is 1. The zero-order chi connectivity index (χ0) is 25.8. The first-order valence-electron chi connectivity index (χ1n) is 12.3. The fraction of sp³-hybridized carbons (Fsp3) is 0.200. The highest BCUT2D eigenvalue weighted by atomic mass is 16.5. The molecule has 7 heteroatoms. The number of methoxy groups -OCH3 is 1. The van der Waals surface area contributed by atoms with Crippen LogP contribution in [0.15, 0.2) is 85.1 Å². The average Bonchev–Trinajstić information content (AvgIpc) is 3.57. The van der Waals surface area contributed by atoms with Gasteiger partial charge in [0.05, 0.1) is 7.11 Å². The van der Waals surface area contributed by atoms with E-state index in [0.29, 0.717) is 25.3 Å². The Morgan fingerprint density at radius 3 is 2.51 bits per heavy atom. The van der Waals surface area contributed by atoms with Crippen molar-refractivity contribution in [2.75, 3.05) is 26.7 Å². The second-order valence-electron chi connectivity index (χ2n) is 9.19. The van der Waals surface area contributed by atoms with Crippen molar-refractivity contribution in [1.29, 1.82) is 0 Å². The number of aromatic amines is 2. The Morgan fingerprint density at radius 1 is 0.946 bits per heavy atom. The Morgan fingerprint density at radius 2 is 1.78 bits per heavy atom. The maximum absolute atomic E-state index is 13.0. The lowest BCUT2D eigenvalue weighted by molar-refractivity contribution is -0.135. The molecule has 1 saturated heterocycles. The van der Waals surface area contributed by atoms with E-state index in [4.69, 9.17) is 4.74 Å². The summed E-state index contributed by atoms with van der Waals surface area (Å²) in [6, 6.07) is 25.8. The van der Waals surface area contributed by atoms with Crippen molar-refractivity contribution in [1.82, 2.24) is 19.8 Å². The predicted molar refractivity (Wildman–Crippen MR) is 146 cm³/mol. The first-order valence-corrected chi connectivity index (χ1v) is 12.3. The van der Waals surface area contributed by atoms with E-state index in [2.05, 4.69) is 29.0 Å². The lowest BCUT2D eigenvalue weighted by Crippen LogP contribution is -2.51. The van der Waals surface area contributed by atoms with Crippen LogP contribution in [0.5, 0.6) is 5.75 Å². The number of carbonyl (C=O) groups excluding carboxylic acids is 2. The summed E-state index contributed by atoms with van der Waals surface area (Å²) in [4.78, 5) is 35.5. The van der Waals surface area contributed by atoms with E-state index in [0.717, 1.165) is 33.1 Å². The quantitative estimate of drug-likeness (QED) is 0.363. The number of rotatable bonds is 4. The van der Waals surface area contributed by atoms with Gasteiger partial charge in [0, 0.05) is 47.6 Å². The molecular weight excluding hydrogens is 464 g/mol. The second kappa shape index (κ2) is 10.6. The summed E-state index contributed by atoms with van der Waals surface area (Å²) in [6.07, 6.45) is 1.91. The van der Waals surface area contributed by atoms with Crippen LogP contribution in [0.2, 0.25) is 0 Å². The van der Waals surface area contributed by atoms with Crippen LogP contribution < -0.4 is 4.74 Å². The Balaban J connectivity index is 0.000000348. The van der Waals surface area contributed by atoms with Crippen LogP contribution in [0.25, 0.3) is 21.8 Å². The normalized spacial score (nSPS) is 13.5. The summed E-state index contributed by atoms with van der Waals surface area (Å²) < 4.78 is 5.24. The van der Waals surface area contributed by atoms with Gasteiger partial charge in [0.2, 0.25) is 5.91 Å². The van der Waals surface area contributed by atoms with Crippen LogP contribution in [0, 0.1) is 6.92 Å². The number of amides is 2. The summed E-state index contributed by atoms with van der Waals surface area (Å²) in [7, 11) is 1.61. The van der Waals surface area contributed by atoms with Crippen molar-refractivity contribution in [2.45, 2.75) is 13.5 Å². The number of aromatic nitrogens is 2. The number of fused-ring (bicyclic) bond motifs is 2. The minimum Gasteiger partial charge on any atom is -0.497 e. The van der Waals surface area contributed by atoms with E-state index >= 15 is 0 Å². The predicted octanol–water partition coefficient (Wildman–Crippen LogP) is 5.14. The molecule has 0 radical (unpaired) electrons. The molecule has 0 atom stereocenters. The first-order chi connectivity index (χ1) is 18.0. The van der Waals surface area contributed by atoms with Crippen LogP contribution in [-0.4, -0.2) is 58.3 Å². The van der Waals surface area contributed by atoms with E-state index in [9.17, 15) is 9.59 Å². The molecule has 37 heavy (non-hydrogen) atoms. The average molecular weight is 495 g/mol. The van der Waals surface area contributed by atoms with Gasteiger partial charge in [-0.1, -0.05) is 48.0 Å². The number of H-pyrrole nitrogens is 2. The van der Waals surface area contributed by atoms with Gasteiger partial charge in [-0.3, -0.25) is 9.59 Å². The number of benzene rings is 3. The van der Waals surface area contributed by atoms with E-state index in [1.807, 2.05) is 77.8 Å². The number of hydrogen-bond donors (Lipinski definition) is 2. The number of hydrogen-bond acceptors (Lipinski definition) is 3. The van der Waals surface area contributed by atoms with Crippen molar-refractivity contribution >= 4 is 33.6 Å². The minimum atomic E-state index is -0.161. The molecule has 0 aliphatic carbocycles. The molecule has 3 aromatic carbocycles. The second-order valence-corrected chi connectivity index (χ2v) is 9.19. The third kappa shape index (κ3) is 5.35. The lowest BCUT2D eigenvalue weighted by Gasteiger charge is -2.34. The molecule has 188 valence electrons. The van der Waals surface area contributed by atoms with Crippen molar-refractivity contribution in [3.05, 3.63) is 102 Å². The summed E-state index contributed by atoms with van der Waals surface area (Å²) in [5.41, 5.74) is 4.83. The third-order valence-electron chi connectivity index (χ3n) is 6.65. The Bertz CT molecular complexity index is 1540. The van der Waals surface area contributed by atoms with Gasteiger partial charge < -0.3 is 24.5 Å². The molecule has 0 spiro atoms. The van der Waals surface area contributed by atoms with Crippen LogP contribution in [0.4, 0.5) is 0 Å². The summed E-state index contributed by atoms with van der Waals surface area (Å²) in [6.45, 7) is 3.73. The van der Waals surface area contributed by atoms with Gasteiger partial charge in [-0.25, -0.2) is 0 Å². The molecule has 0 bridgehead atoms. The van der Waals surface area contributed by atoms with Crippen molar-refractivity contribution in [3.63, 3.8) is 0 Å². The Labute approximate surface area is 215 Å². The summed E-state index contributed by atoms with van der Waals surface area (Å²) >= 11 is 0. The highest BCUT2D eigenvalue weighted by Gasteiger charge is 2.28. The molecule has 2 amide bonds.